The van der Waals surface area contributed by atoms with Crippen molar-refractivity contribution in [1.82, 2.24) is 10.1 Å². The van der Waals surface area contributed by atoms with E-state index in [0.717, 1.165) is 23.1 Å². The maximum atomic E-state index is 11.8. The van der Waals surface area contributed by atoms with Gasteiger partial charge in [0, 0.05) is 12.5 Å². The van der Waals surface area contributed by atoms with Crippen LogP contribution in [0.3, 0.4) is 0 Å². The van der Waals surface area contributed by atoms with Gasteiger partial charge in [0.2, 0.25) is 21.7 Å². The molecule has 2 atom stereocenters. The van der Waals surface area contributed by atoms with Crippen LogP contribution >= 0.6 is 0 Å². The normalized spacial score (nSPS) is 19.8. The van der Waals surface area contributed by atoms with E-state index in [4.69, 9.17) is 9.66 Å². The Balaban J connectivity index is 1.65. The van der Waals surface area contributed by atoms with Crippen LogP contribution in [-0.4, -0.2) is 18.6 Å². The highest BCUT2D eigenvalue weighted by atomic mass is 32.2. The standard InChI is InChI=1S/C18H17N3O3S/c1-11-20-18(21-24-11)13-6-4-5-12(9-13)15-10-16(15)14-7-2-3-8-17(14)25(19,22)23/h2-9,15-16H,10H2,1H3,(H2,19,22,23). The van der Waals surface area contributed by atoms with Gasteiger partial charge < -0.3 is 4.52 Å². The molecular weight excluding hydrogens is 338 g/mol. The summed E-state index contributed by atoms with van der Waals surface area (Å²) in [5, 5.41) is 9.30. The molecule has 1 saturated carbocycles. The van der Waals surface area contributed by atoms with Gasteiger partial charge in [0.25, 0.3) is 0 Å². The number of benzene rings is 2. The van der Waals surface area contributed by atoms with Gasteiger partial charge in [-0.1, -0.05) is 41.6 Å². The third kappa shape index (κ3) is 3.08. The Kier molecular flexibility index (Phi) is 3.70. The molecule has 2 unspecified atom stereocenters. The molecule has 0 aliphatic heterocycles. The van der Waals surface area contributed by atoms with Crippen LogP contribution in [0.2, 0.25) is 0 Å². The zero-order chi connectivity index (χ0) is 17.6. The predicted octanol–water partition coefficient (Wildman–Crippen LogP) is 2.96. The summed E-state index contributed by atoms with van der Waals surface area (Å²) in [6, 6.07) is 14.9. The monoisotopic (exact) mass is 355 g/mol. The van der Waals surface area contributed by atoms with Crippen molar-refractivity contribution in [1.29, 1.82) is 0 Å². The second-order valence-corrected chi connectivity index (χ2v) is 7.82. The van der Waals surface area contributed by atoms with Gasteiger partial charge in [0.05, 0.1) is 4.90 Å². The summed E-state index contributed by atoms with van der Waals surface area (Å²) >= 11 is 0. The van der Waals surface area contributed by atoms with E-state index in [1.54, 1.807) is 19.1 Å². The van der Waals surface area contributed by atoms with Crippen molar-refractivity contribution in [3.63, 3.8) is 0 Å². The van der Waals surface area contributed by atoms with E-state index < -0.39 is 10.0 Å². The molecule has 0 amide bonds. The first-order chi connectivity index (χ1) is 11.9. The number of hydrogen-bond acceptors (Lipinski definition) is 5. The number of aromatic nitrogens is 2. The van der Waals surface area contributed by atoms with Gasteiger partial charge in [-0.3, -0.25) is 0 Å². The highest BCUT2D eigenvalue weighted by molar-refractivity contribution is 7.89. The number of rotatable bonds is 4. The van der Waals surface area contributed by atoms with Gasteiger partial charge in [-0.15, -0.1) is 0 Å². The second-order valence-electron chi connectivity index (χ2n) is 6.29. The largest absolute Gasteiger partial charge is 0.339 e. The Morgan fingerprint density at radius 2 is 1.92 bits per heavy atom. The molecule has 7 heteroatoms. The molecule has 0 bridgehead atoms. The van der Waals surface area contributed by atoms with Crippen LogP contribution in [0, 0.1) is 6.92 Å². The Morgan fingerprint density at radius 1 is 1.12 bits per heavy atom. The summed E-state index contributed by atoms with van der Waals surface area (Å²) in [6.07, 6.45) is 0.890. The molecule has 6 nitrogen and oxygen atoms in total. The SMILES string of the molecule is Cc1nc(-c2cccc(C3CC3c3ccccc3S(N)(=O)=O)c2)no1. The fourth-order valence-electron chi connectivity index (χ4n) is 3.28. The molecule has 1 aliphatic rings. The van der Waals surface area contributed by atoms with Crippen LogP contribution in [0.1, 0.15) is 35.3 Å². The van der Waals surface area contributed by atoms with Crippen LogP contribution in [0.5, 0.6) is 0 Å². The summed E-state index contributed by atoms with van der Waals surface area (Å²) in [5.74, 6) is 1.49. The molecule has 25 heavy (non-hydrogen) atoms. The minimum absolute atomic E-state index is 0.150. The predicted molar refractivity (Wildman–Crippen MR) is 92.4 cm³/mol. The first-order valence-electron chi connectivity index (χ1n) is 7.96. The molecule has 128 valence electrons. The smallest absolute Gasteiger partial charge is 0.238 e. The summed E-state index contributed by atoms with van der Waals surface area (Å²) in [7, 11) is -3.72. The molecule has 4 rings (SSSR count). The minimum Gasteiger partial charge on any atom is -0.339 e. The van der Waals surface area contributed by atoms with Crippen molar-refractivity contribution in [2.45, 2.75) is 30.1 Å². The highest BCUT2D eigenvalue weighted by Gasteiger charge is 2.41. The molecule has 0 radical (unpaired) electrons. The van der Waals surface area contributed by atoms with Crippen LogP contribution < -0.4 is 5.14 Å². The van der Waals surface area contributed by atoms with Crippen LogP contribution in [0.4, 0.5) is 0 Å². The lowest BCUT2D eigenvalue weighted by molar-refractivity contribution is 0.394. The lowest BCUT2D eigenvalue weighted by atomic mass is 10.0. The van der Waals surface area contributed by atoms with E-state index in [1.807, 2.05) is 36.4 Å². The lowest BCUT2D eigenvalue weighted by Crippen LogP contribution is -2.14. The quantitative estimate of drug-likeness (QED) is 0.775. The number of sulfonamides is 1. The fourth-order valence-corrected chi connectivity index (χ4v) is 4.09. The molecule has 2 aromatic carbocycles. The Hall–Kier alpha value is -2.51. The van der Waals surface area contributed by atoms with Crippen molar-refractivity contribution in [3.05, 3.63) is 65.5 Å². The molecule has 1 heterocycles. The van der Waals surface area contributed by atoms with Crippen molar-refractivity contribution in [2.24, 2.45) is 5.14 Å². The first kappa shape index (κ1) is 16.0. The van der Waals surface area contributed by atoms with Gasteiger partial charge in [-0.25, -0.2) is 13.6 Å². The molecular formula is C18H17N3O3S. The number of nitrogens with zero attached hydrogens (tertiary/aromatic N) is 2. The maximum absolute atomic E-state index is 11.8. The third-order valence-corrected chi connectivity index (χ3v) is 5.50. The van der Waals surface area contributed by atoms with E-state index in [9.17, 15) is 8.42 Å². The van der Waals surface area contributed by atoms with Crippen molar-refractivity contribution in [2.75, 3.05) is 0 Å². The van der Waals surface area contributed by atoms with E-state index in [0.29, 0.717) is 11.7 Å². The zero-order valence-electron chi connectivity index (χ0n) is 13.6. The third-order valence-electron chi connectivity index (χ3n) is 4.52. The maximum Gasteiger partial charge on any atom is 0.238 e. The lowest BCUT2D eigenvalue weighted by Gasteiger charge is -2.08. The first-order valence-corrected chi connectivity index (χ1v) is 9.50. The van der Waals surface area contributed by atoms with Gasteiger partial charge in [0.15, 0.2) is 0 Å². The molecule has 1 aliphatic carbocycles. The second kappa shape index (κ2) is 5.79. The Bertz CT molecular complexity index is 1040. The van der Waals surface area contributed by atoms with E-state index in [1.165, 1.54) is 0 Å². The van der Waals surface area contributed by atoms with E-state index in [-0.39, 0.29) is 16.7 Å². The number of hydrogen-bond donors (Lipinski definition) is 1. The van der Waals surface area contributed by atoms with E-state index in [2.05, 4.69) is 10.1 Å². The molecule has 1 fully saturated rings. The Labute approximate surface area is 145 Å². The summed E-state index contributed by atoms with van der Waals surface area (Å²) in [4.78, 5) is 4.47. The van der Waals surface area contributed by atoms with Gasteiger partial charge >= 0.3 is 0 Å². The highest BCUT2D eigenvalue weighted by Crippen LogP contribution is 2.56. The van der Waals surface area contributed by atoms with Gasteiger partial charge in [-0.2, -0.15) is 4.98 Å². The van der Waals surface area contributed by atoms with Crippen molar-refractivity contribution >= 4 is 10.0 Å². The van der Waals surface area contributed by atoms with Crippen molar-refractivity contribution < 1.29 is 12.9 Å². The molecule has 1 aromatic heterocycles. The average molecular weight is 355 g/mol. The minimum atomic E-state index is -3.72. The zero-order valence-corrected chi connectivity index (χ0v) is 14.4. The topological polar surface area (TPSA) is 99.1 Å². The fraction of sp³-hybridized carbons (Fsp3) is 0.222. The van der Waals surface area contributed by atoms with Crippen LogP contribution in [-0.2, 0) is 10.0 Å². The molecule has 2 N–H and O–H groups in total. The van der Waals surface area contributed by atoms with Crippen LogP contribution in [0.25, 0.3) is 11.4 Å². The average Bonchev–Trinajstić information content (AvgIpc) is 3.28. The number of nitrogens with two attached hydrogens (primary N) is 1. The van der Waals surface area contributed by atoms with Gasteiger partial charge in [-0.05, 0) is 41.5 Å². The molecule has 3 aromatic rings. The molecule has 0 spiro atoms. The van der Waals surface area contributed by atoms with E-state index >= 15 is 0 Å². The summed E-state index contributed by atoms with van der Waals surface area (Å²) < 4.78 is 28.7. The molecule has 0 saturated heterocycles. The summed E-state index contributed by atoms with van der Waals surface area (Å²) in [5.41, 5.74) is 2.81. The van der Waals surface area contributed by atoms with Gasteiger partial charge in [0.1, 0.15) is 0 Å². The summed E-state index contributed by atoms with van der Waals surface area (Å²) in [6.45, 7) is 1.75. The van der Waals surface area contributed by atoms with Crippen molar-refractivity contribution in [3.8, 4) is 11.4 Å². The number of aryl methyl sites for hydroxylation is 1. The number of primary sulfonamides is 1. The van der Waals surface area contributed by atoms with Crippen LogP contribution in [0.15, 0.2) is 57.9 Å². The Morgan fingerprint density at radius 3 is 2.64 bits per heavy atom.